The Bertz CT molecular complexity index is 851. The monoisotopic (exact) mass is 492 g/mol. The van der Waals surface area contributed by atoms with E-state index in [9.17, 15) is 19.2 Å². The van der Waals surface area contributed by atoms with Crippen LogP contribution in [0.2, 0.25) is 0 Å². The van der Waals surface area contributed by atoms with Gasteiger partial charge in [0.05, 0.1) is 0 Å². The molecule has 0 bridgehead atoms. The molecule has 1 aromatic carbocycles. The van der Waals surface area contributed by atoms with Crippen molar-refractivity contribution >= 4 is 29.6 Å². The van der Waals surface area contributed by atoms with Crippen molar-refractivity contribution in [1.29, 1.82) is 0 Å². The fourth-order valence-electron chi connectivity index (χ4n) is 3.14. The second kappa shape index (κ2) is 14.1. The fourth-order valence-corrected chi connectivity index (χ4v) is 3.14. The van der Waals surface area contributed by atoms with Gasteiger partial charge in [-0.05, 0) is 63.6 Å². The predicted octanol–water partition coefficient (Wildman–Crippen LogP) is 1.96. The van der Waals surface area contributed by atoms with Crippen molar-refractivity contribution in [2.45, 2.75) is 78.1 Å². The number of hydrogen-bond acceptors (Lipinski definition) is 6. The van der Waals surface area contributed by atoms with Crippen LogP contribution in [0.4, 0.5) is 15.3 Å². The third kappa shape index (κ3) is 12.1. The highest BCUT2D eigenvalue weighted by atomic mass is 16.6. The van der Waals surface area contributed by atoms with Gasteiger partial charge in [-0.3, -0.25) is 9.59 Å². The van der Waals surface area contributed by atoms with Crippen molar-refractivity contribution in [3.63, 3.8) is 0 Å². The summed E-state index contributed by atoms with van der Waals surface area (Å²) in [5, 5.41) is 10.6. The highest BCUT2D eigenvalue weighted by Gasteiger charge is 2.30. The number of amides is 5. The van der Waals surface area contributed by atoms with Crippen LogP contribution in [0, 0.1) is 5.92 Å². The summed E-state index contributed by atoms with van der Waals surface area (Å²) in [7, 11) is 0. The summed E-state index contributed by atoms with van der Waals surface area (Å²) in [6.07, 6.45) is 0.703. The second-order valence-corrected chi connectivity index (χ2v) is 9.61. The van der Waals surface area contributed by atoms with Gasteiger partial charge in [0, 0.05) is 18.8 Å². The number of urea groups is 1. The molecule has 0 aliphatic heterocycles. The van der Waals surface area contributed by atoms with Crippen LogP contribution in [0.3, 0.4) is 0 Å². The van der Waals surface area contributed by atoms with E-state index in [4.69, 9.17) is 16.2 Å². The molecule has 0 heterocycles. The van der Waals surface area contributed by atoms with E-state index in [-0.39, 0.29) is 5.92 Å². The fraction of sp³-hybridized carbons (Fsp3) is 0.583. The summed E-state index contributed by atoms with van der Waals surface area (Å²) in [6, 6.07) is 4.68. The van der Waals surface area contributed by atoms with Gasteiger partial charge in [0.1, 0.15) is 17.7 Å². The molecule has 5 amide bonds. The topological polar surface area (TPSA) is 178 Å². The molecule has 35 heavy (non-hydrogen) atoms. The van der Waals surface area contributed by atoms with Gasteiger partial charge in [-0.25, -0.2) is 9.59 Å². The average molecular weight is 493 g/mol. The molecule has 0 spiro atoms. The minimum Gasteiger partial charge on any atom is -0.444 e. The Labute approximate surface area is 207 Å². The third-order valence-corrected chi connectivity index (χ3v) is 4.93. The summed E-state index contributed by atoms with van der Waals surface area (Å²) in [6.45, 7) is 9.48. The first-order valence-corrected chi connectivity index (χ1v) is 11.8. The van der Waals surface area contributed by atoms with Gasteiger partial charge in [-0.15, -0.1) is 0 Å². The lowest BCUT2D eigenvalue weighted by atomic mass is 10.0. The largest absolute Gasteiger partial charge is 0.444 e. The lowest BCUT2D eigenvalue weighted by Gasteiger charge is -2.27. The maximum absolute atomic E-state index is 13.1. The highest BCUT2D eigenvalue weighted by Crippen LogP contribution is 2.13. The van der Waals surface area contributed by atoms with E-state index >= 15 is 0 Å². The predicted molar refractivity (Wildman–Crippen MR) is 134 cm³/mol. The first-order valence-electron chi connectivity index (χ1n) is 11.8. The Morgan fingerprint density at radius 1 is 0.971 bits per heavy atom. The molecule has 0 unspecified atom stereocenters. The van der Waals surface area contributed by atoms with E-state index in [0.29, 0.717) is 38.0 Å². The minimum atomic E-state index is -0.902. The number of anilines is 1. The molecule has 11 nitrogen and oxygen atoms in total. The zero-order valence-corrected chi connectivity index (χ0v) is 21.3. The number of hydrogen-bond donors (Lipinski definition) is 6. The number of nitrogens with two attached hydrogens (primary N) is 2. The van der Waals surface area contributed by atoms with Gasteiger partial charge in [0.25, 0.3) is 0 Å². The Morgan fingerprint density at radius 2 is 1.60 bits per heavy atom. The highest BCUT2D eigenvalue weighted by molar-refractivity contribution is 5.98. The molecule has 0 aliphatic rings. The number of benzene rings is 1. The normalized spacial score (nSPS) is 12.9. The van der Waals surface area contributed by atoms with E-state index in [2.05, 4.69) is 21.3 Å². The van der Waals surface area contributed by atoms with Crippen molar-refractivity contribution in [3.05, 3.63) is 29.8 Å². The number of ether oxygens (including phenoxy) is 1. The number of primary amides is 1. The van der Waals surface area contributed by atoms with Gasteiger partial charge < -0.3 is 37.5 Å². The maximum atomic E-state index is 13.1. The van der Waals surface area contributed by atoms with Crippen LogP contribution in [0.15, 0.2) is 24.3 Å². The van der Waals surface area contributed by atoms with E-state index in [1.54, 1.807) is 58.9 Å². The van der Waals surface area contributed by atoms with Crippen molar-refractivity contribution in [1.82, 2.24) is 16.0 Å². The van der Waals surface area contributed by atoms with Gasteiger partial charge >= 0.3 is 12.1 Å². The molecule has 8 N–H and O–H groups in total. The molecule has 1 aromatic rings. The molecule has 0 saturated heterocycles. The van der Waals surface area contributed by atoms with E-state index in [1.807, 2.05) is 0 Å². The number of nitrogens with one attached hydrogen (secondary N) is 4. The Hall–Kier alpha value is -3.34. The molecule has 0 aliphatic carbocycles. The summed E-state index contributed by atoms with van der Waals surface area (Å²) < 4.78 is 5.27. The number of rotatable bonds is 12. The van der Waals surface area contributed by atoms with Crippen LogP contribution < -0.4 is 32.7 Å². The lowest BCUT2D eigenvalue weighted by molar-refractivity contribution is -0.128. The molecule has 0 radical (unpaired) electrons. The van der Waals surface area contributed by atoms with Gasteiger partial charge in [-0.2, -0.15) is 0 Å². The molecular formula is C24H40N6O5. The maximum Gasteiger partial charge on any atom is 0.408 e. The lowest BCUT2D eigenvalue weighted by Crippen LogP contribution is -2.55. The van der Waals surface area contributed by atoms with E-state index < -0.39 is 41.6 Å². The SMILES string of the molecule is CC(C)[C@H](NC(=O)OC(C)(C)C)C(=O)N[C@@H](CCCCNC(N)=O)C(=O)Nc1ccc(CN)cc1. The number of unbranched alkanes of at least 4 members (excludes halogenated alkanes) is 1. The first kappa shape index (κ1) is 29.7. The molecule has 0 saturated carbocycles. The summed E-state index contributed by atoms with van der Waals surface area (Å²) in [5.41, 5.74) is 11.5. The van der Waals surface area contributed by atoms with Crippen molar-refractivity contribution < 1.29 is 23.9 Å². The molecule has 11 heteroatoms. The number of alkyl carbamates (subject to hydrolysis) is 1. The van der Waals surface area contributed by atoms with Crippen molar-refractivity contribution in [3.8, 4) is 0 Å². The standard InChI is InChI=1S/C24H40N6O5/c1-15(2)19(30-23(34)35-24(3,4)5)21(32)29-18(8-6-7-13-27-22(26)33)20(31)28-17-11-9-16(14-25)10-12-17/h9-12,15,18-19H,6-8,13-14,25H2,1-5H3,(H,28,31)(H,29,32)(H,30,34)(H3,26,27,33)/t18-,19-/m0/s1. The third-order valence-electron chi connectivity index (χ3n) is 4.93. The Morgan fingerprint density at radius 3 is 2.11 bits per heavy atom. The summed E-state index contributed by atoms with van der Waals surface area (Å²) >= 11 is 0. The van der Waals surface area contributed by atoms with E-state index in [1.165, 1.54) is 0 Å². The van der Waals surface area contributed by atoms with Gasteiger partial charge in [0.15, 0.2) is 0 Å². The van der Waals surface area contributed by atoms with Crippen LogP contribution in [0.1, 0.15) is 59.4 Å². The zero-order valence-electron chi connectivity index (χ0n) is 21.3. The molecule has 0 fully saturated rings. The smallest absolute Gasteiger partial charge is 0.408 e. The second-order valence-electron chi connectivity index (χ2n) is 9.61. The van der Waals surface area contributed by atoms with Crippen molar-refractivity contribution in [2.24, 2.45) is 17.4 Å². The number of carbonyl (C=O) groups is 4. The van der Waals surface area contributed by atoms with Crippen LogP contribution in [-0.4, -0.2) is 48.2 Å². The molecule has 2 atom stereocenters. The van der Waals surface area contributed by atoms with Crippen LogP contribution >= 0.6 is 0 Å². The number of carbonyl (C=O) groups excluding carboxylic acids is 4. The van der Waals surface area contributed by atoms with Gasteiger partial charge in [-0.1, -0.05) is 26.0 Å². The first-order chi connectivity index (χ1) is 16.3. The molecule has 1 rings (SSSR count). The average Bonchev–Trinajstić information content (AvgIpc) is 2.75. The van der Waals surface area contributed by atoms with Crippen molar-refractivity contribution in [2.75, 3.05) is 11.9 Å². The summed E-state index contributed by atoms with van der Waals surface area (Å²) in [4.78, 5) is 49.2. The zero-order chi connectivity index (χ0) is 26.6. The Balaban J connectivity index is 2.91. The molecular weight excluding hydrogens is 452 g/mol. The minimum absolute atomic E-state index is 0.255. The van der Waals surface area contributed by atoms with E-state index in [0.717, 1.165) is 5.56 Å². The molecule has 196 valence electrons. The van der Waals surface area contributed by atoms with Crippen LogP contribution in [-0.2, 0) is 20.9 Å². The quantitative estimate of drug-likeness (QED) is 0.243. The van der Waals surface area contributed by atoms with Gasteiger partial charge in [0.2, 0.25) is 11.8 Å². The Kier molecular flexibility index (Phi) is 12.0. The molecule has 0 aromatic heterocycles. The summed E-state index contributed by atoms with van der Waals surface area (Å²) in [5.74, 6) is -1.16. The van der Waals surface area contributed by atoms with Crippen LogP contribution in [0.25, 0.3) is 0 Å². The van der Waals surface area contributed by atoms with Crippen LogP contribution in [0.5, 0.6) is 0 Å².